The Morgan fingerprint density at radius 1 is 1.37 bits per heavy atom. The van der Waals surface area contributed by atoms with Gasteiger partial charge in [-0.25, -0.2) is 4.98 Å². The maximum atomic E-state index is 11.2. The maximum absolute atomic E-state index is 11.2. The third kappa shape index (κ3) is 3.39. The molecule has 0 radical (unpaired) electrons. The molecule has 4 N–H and O–H groups in total. The number of benzene rings is 1. The van der Waals surface area contributed by atoms with Crippen LogP contribution in [-0.2, 0) is 5.75 Å². The average molecular weight is 294 g/mol. The van der Waals surface area contributed by atoms with Crippen molar-refractivity contribution in [2.24, 2.45) is 5.73 Å². The molecule has 2 rings (SSSR count). The van der Waals surface area contributed by atoms with Crippen molar-refractivity contribution in [2.45, 2.75) is 10.8 Å². The first-order valence-electron chi connectivity index (χ1n) is 5.49. The van der Waals surface area contributed by atoms with Gasteiger partial charge in [0.25, 0.3) is 5.91 Å². The molecule has 0 aliphatic heterocycles. The number of aromatic nitrogens is 1. The number of hydrogen-bond donors (Lipinski definition) is 2. The summed E-state index contributed by atoms with van der Waals surface area (Å²) in [6.07, 6.45) is 1.44. The van der Waals surface area contributed by atoms with Gasteiger partial charge in [0.05, 0.1) is 22.5 Å². The Balaban J connectivity index is 2.14. The summed E-state index contributed by atoms with van der Waals surface area (Å²) in [6.45, 7) is 0. The second-order valence-electron chi connectivity index (χ2n) is 3.85. The topological polar surface area (TPSA) is 82.0 Å². The molecule has 2 aromatic rings. The Labute approximate surface area is 120 Å². The van der Waals surface area contributed by atoms with Gasteiger partial charge in [-0.2, -0.15) is 0 Å². The fraction of sp³-hybridized carbons (Fsp3) is 0.0769. The molecule has 1 aromatic heterocycles. The SMILES string of the molecule is NC(=O)c1cc(SCc2ccccc2Cl)ncc1N. The number of carbonyl (C=O) groups is 1. The van der Waals surface area contributed by atoms with Gasteiger partial charge in [0.2, 0.25) is 0 Å². The second kappa shape index (κ2) is 5.95. The van der Waals surface area contributed by atoms with Gasteiger partial charge in [-0.15, -0.1) is 11.8 Å². The molecule has 0 aliphatic rings. The summed E-state index contributed by atoms with van der Waals surface area (Å²) in [6, 6.07) is 9.18. The van der Waals surface area contributed by atoms with E-state index >= 15 is 0 Å². The van der Waals surface area contributed by atoms with E-state index in [1.807, 2.05) is 24.3 Å². The monoisotopic (exact) mass is 293 g/mol. The maximum Gasteiger partial charge on any atom is 0.250 e. The predicted molar refractivity (Wildman–Crippen MR) is 78.2 cm³/mol. The molecule has 0 saturated carbocycles. The van der Waals surface area contributed by atoms with E-state index in [1.54, 1.807) is 6.07 Å². The van der Waals surface area contributed by atoms with Crippen LogP contribution in [0.5, 0.6) is 0 Å². The molecule has 19 heavy (non-hydrogen) atoms. The fourth-order valence-electron chi connectivity index (χ4n) is 1.51. The van der Waals surface area contributed by atoms with Crippen molar-refractivity contribution in [3.8, 4) is 0 Å². The van der Waals surface area contributed by atoms with Crippen LogP contribution in [-0.4, -0.2) is 10.9 Å². The zero-order valence-electron chi connectivity index (χ0n) is 9.97. The van der Waals surface area contributed by atoms with Gasteiger partial charge in [0, 0.05) is 10.8 Å². The van der Waals surface area contributed by atoms with Crippen LogP contribution in [0.2, 0.25) is 5.02 Å². The Morgan fingerprint density at radius 3 is 2.79 bits per heavy atom. The van der Waals surface area contributed by atoms with Crippen molar-refractivity contribution in [1.82, 2.24) is 4.98 Å². The lowest BCUT2D eigenvalue weighted by molar-refractivity contribution is 0.100. The zero-order valence-corrected chi connectivity index (χ0v) is 11.5. The van der Waals surface area contributed by atoms with Crippen LogP contribution in [0.1, 0.15) is 15.9 Å². The van der Waals surface area contributed by atoms with Crippen LogP contribution in [0.3, 0.4) is 0 Å². The molecule has 0 saturated heterocycles. The van der Waals surface area contributed by atoms with E-state index in [0.29, 0.717) is 15.8 Å². The first-order valence-corrected chi connectivity index (χ1v) is 6.86. The predicted octanol–water partition coefficient (Wildman–Crippen LogP) is 2.71. The number of amides is 1. The van der Waals surface area contributed by atoms with Gasteiger partial charge in [-0.05, 0) is 17.7 Å². The number of pyridine rings is 1. The highest BCUT2D eigenvalue weighted by atomic mass is 35.5. The summed E-state index contributed by atoms with van der Waals surface area (Å²) in [7, 11) is 0. The van der Waals surface area contributed by atoms with Crippen LogP contribution >= 0.6 is 23.4 Å². The van der Waals surface area contributed by atoms with Crippen molar-refractivity contribution < 1.29 is 4.79 Å². The van der Waals surface area contributed by atoms with Crippen LogP contribution in [0, 0.1) is 0 Å². The van der Waals surface area contributed by atoms with E-state index in [-0.39, 0.29) is 11.3 Å². The summed E-state index contributed by atoms with van der Waals surface area (Å²) >= 11 is 7.54. The van der Waals surface area contributed by atoms with Crippen LogP contribution < -0.4 is 11.5 Å². The van der Waals surface area contributed by atoms with Gasteiger partial charge in [0.15, 0.2) is 0 Å². The zero-order chi connectivity index (χ0) is 13.8. The third-order valence-corrected chi connectivity index (χ3v) is 3.85. The first kappa shape index (κ1) is 13.7. The lowest BCUT2D eigenvalue weighted by Crippen LogP contribution is -2.13. The van der Waals surface area contributed by atoms with E-state index in [9.17, 15) is 4.79 Å². The number of primary amides is 1. The second-order valence-corrected chi connectivity index (χ2v) is 5.26. The minimum absolute atomic E-state index is 0.287. The van der Waals surface area contributed by atoms with Crippen molar-refractivity contribution in [3.05, 3.63) is 52.7 Å². The van der Waals surface area contributed by atoms with Gasteiger partial charge in [0.1, 0.15) is 0 Å². The highest BCUT2D eigenvalue weighted by molar-refractivity contribution is 7.98. The largest absolute Gasteiger partial charge is 0.397 e. The van der Waals surface area contributed by atoms with Crippen LogP contribution in [0.4, 0.5) is 5.69 Å². The normalized spacial score (nSPS) is 10.4. The van der Waals surface area contributed by atoms with Gasteiger partial charge < -0.3 is 11.5 Å². The number of anilines is 1. The third-order valence-electron chi connectivity index (χ3n) is 2.51. The number of thioether (sulfide) groups is 1. The van der Waals surface area contributed by atoms with Crippen LogP contribution in [0.15, 0.2) is 41.6 Å². The summed E-state index contributed by atoms with van der Waals surface area (Å²) in [5.74, 6) is 0.105. The Morgan fingerprint density at radius 2 is 2.11 bits per heavy atom. The highest BCUT2D eigenvalue weighted by Crippen LogP contribution is 2.26. The molecule has 4 nitrogen and oxygen atoms in total. The molecule has 1 amide bonds. The molecule has 98 valence electrons. The minimum Gasteiger partial charge on any atom is -0.397 e. The van der Waals surface area contributed by atoms with Crippen molar-refractivity contribution in [2.75, 3.05) is 5.73 Å². The number of nitrogens with two attached hydrogens (primary N) is 2. The number of hydrogen-bond acceptors (Lipinski definition) is 4. The number of carbonyl (C=O) groups excluding carboxylic acids is 1. The molecule has 6 heteroatoms. The Bertz CT molecular complexity index is 619. The van der Waals surface area contributed by atoms with E-state index < -0.39 is 5.91 Å². The number of rotatable bonds is 4. The molecular weight excluding hydrogens is 282 g/mol. The standard InChI is InChI=1S/C13H12ClN3OS/c14-10-4-2-1-3-8(10)7-19-12-5-9(13(16)18)11(15)6-17-12/h1-6H,7,15H2,(H2,16,18). The summed E-state index contributed by atoms with van der Waals surface area (Å²) < 4.78 is 0. The molecule has 0 fully saturated rings. The minimum atomic E-state index is -0.556. The van der Waals surface area contributed by atoms with Crippen LogP contribution in [0.25, 0.3) is 0 Å². The van der Waals surface area contributed by atoms with E-state index in [0.717, 1.165) is 5.56 Å². The summed E-state index contributed by atoms with van der Waals surface area (Å²) in [4.78, 5) is 15.3. The Kier molecular flexibility index (Phi) is 4.29. The number of nitrogens with zero attached hydrogens (tertiary/aromatic N) is 1. The van der Waals surface area contributed by atoms with E-state index in [4.69, 9.17) is 23.1 Å². The Hall–Kier alpha value is -1.72. The lowest BCUT2D eigenvalue weighted by Gasteiger charge is -2.06. The summed E-state index contributed by atoms with van der Waals surface area (Å²) in [5.41, 5.74) is 12.4. The van der Waals surface area contributed by atoms with E-state index in [1.165, 1.54) is 18.0 Å². The molecule has 0 atom stereocenters. The van der Waals surface area contributed by atoms with Gasteiger partial charge >= 0.3 is 0 Å². The number of halogens is 1. The molecule has 1 heterocycles. The molecule has 0 bridgehead atoms. The quantitative estimate of drug-likeness (QED) is 0.849. The highest BCUT2D eigenvalue weighted by Gasteiger charge is 2.09. The molecule has 1 aromatic carbocycles. The molecule has 0 aliphatic carbocycles. The molecule has 0 spiro atoms. The van der Waals surface area contributed by atoms with Gasteiger partial charge in [-0.1, -0.05) is 29.8 Å². The van der Waals surface area contributed by atoms with Gasteiger partial charge in [-0.3, -0.25) is 4.79 Å². The van der Waals surface area contributed by atoms with Crippen molar-refractivity contribution >= 4 is 35.0 Å². The summed E-state index contributed by atoms with van der Waals surface area (Å²) in [5, 5.41) is 1.39. The van der Waals surface area contributed by atoms with Crippen molar-refractivity contribution in [1.29, 1.82) is 0 Å². The molecular formula is C13H12ClN3OS. The van der Waals surface area contributed by atoms with E-state index in [2.05, 4.69) is 4.98 Å². The first-order chi connectivity index (χ1) is 9.08. The average Bonchev–Trinajstić information content (AvgIpc) is 2.39. The fourth-order valence-corrected chi connectivity index (χ4v) is 2.67. The molecule has 0 unspecified atom stereocenters. The smallest absolute Gasteiger partial charge is 0.250 e. The lowest BCUT2D eigenvalue weighted by atomic mass is 10.2. The number of nitrogen functional groups attached to an aromatic ring is 1. The van der Waals surface area contributed by atoms with Crippen molar-refractivity contribution in [3.63, 3.8) is 0 Å².